The summed E-state index contributed by atoms with van der Waals surface area (Å²) < 4.78 is 5.89. The van der Waals surface area contributed by atoms with Crippen molar-refractivity contribution in [3.05, 3.63) is 21.8 Å². The van der Waals surface area contributed by atoms with Gasteiger partial charge in [-0.05, 0) is 67.8 Å². The Morgan fingerprint density at radius 1 is 1.09 bits per heavy atom. The van der Waals surface area contributed by atoms with Gasteiger partial charge in [-0.25, -0.2) is 4.79 Å². The summed E-state index contributed by atoms with van der Waals surface area (Å²) in [6.07, 6.45) is 0. The molecule has 0 fully saturated rings. The van der Waals surface area contributed by atoms with Crippen molar-refractivity contribution in [1.29, 1.82) is 0 Å². The number of ether oxygens (including phenoxy) is 1. The van der Waals surface area contributed by atoms with E-state index >= 15 is 0 Å². The maximum absolute atomic E-state index is 12.1. The van der Waals surface area contributed by atoms with Crippen molar-refractivity contribution in [3.63, 3.8) is 0 Å². The van der Waals surface area contributed by atoms with E-state index in [0.29, 0.717) is 16.4 Å². The SMILES string of the molecule is CNC(=O)c1c(I)c(NC(=O)COC)c(I)c(C(=O)O)c1I. The minimum absolute atomic E-state index is 0.0204. The number of hydrogen-bond donors (Lipinski definition) is 3. The molecule has 2 amide bonds. The van der Waals surface area contributed by atoms with E-state index in [1.165, 1.54) is 14.2 Å². The number of carbonyl (C=O) groups excluding carboxylic acids is 2. The van der Waals surface area contributed by atoms with E-state index in [0.717, 1.165) is 0 Å². The molecule has 0 unspecified atom stereocenters. The van der Waals surface area contributed by atoms with Crippen LogP contribution in [0.15, 0.2) is 0 Å². The van der Waals surface area contributed by atoms with Crippen molar-refractivity contribution < 1.29 is 24.2 Å². The van der Waals surface area contributed by atoms with Crippen LogP contribution in [0.2, 0.25) is 0 Å². The highest BCUT2D eigenvalue weighted by atomic mass is 127. The van der Waals surface area contributed by atoms with Crippen molar-refractivity contribution in [1.82, 2.24) is 5.32 Å². The summed E-state index contributed by atoms with van der Waals surface area (Å²) in [6.45, 7) is -0.171. The summed E-state index contributed by atoms with van der Waals surface area (Å²) in [5.41, 5.74) is 0.488. The Morgan fingerprint density at radius 2 is 1.64 bits per heavy atom. The smallest absolute Gasteiger partial charge is 0.337 e. The van der Waals surface area contributed by atoms with Gasteiger partial charge < -0.3 is 20.5 Å². The fourth-order valence-electron chi connectivity index (χ4n) is 1.59. The lowest BCUT2D eigenvalue weighted by atomic mass is 10.1. The molecule has 0 atom stereocenters. The number of carbonyl (C=O) groups is 3. The third-order valence-corrected chi connectivity index (χ3v) is 5.76. The topological polar surface area (TPSA) is 105 Å². The first kappa shape index (κ1) is 19.8. The first-order valence-electron chi connectivity index (χ1n) is 5.70. The monoisotopic (exact) mass is 644 g/mol. The van der Waals surface area contributed by atoms with E-state index in [1.54, 1.807) is 0 Å². The molecule has 0 aliphatic rings. The second-order valence-electron chi connectivity index (χ2n) is 3.93. The zero-order chi connectivity index (χ0) is 17.0. The molecule has 22 heavy (non-hydrogen) atoms. The molecule has 0 saturated carbocycles. The van der Waals surface area contributed by atoms with Crippen molar-refractivity contribution >= 4 is 91.2 Å². The summed E-state index contributed by atoms with van der Waals surface area (Å²) in [6, 6.07) is 0. The number of hydrogen-bond acceptors (Lipinski definition) is 4. The third kappa shape index (κ3) is 4.19. The Balaban J connectivity index is 3.62. The number of methoxy groups -OCH3 is 1. The Morgan fingerprint density at radius 3 is 2.09 bits per heavy atom. The molecule has 0 radical (unpaired) electrons. The number of aromatic carboxylic acids is 1. The van der Waals surface area contributed by atoms with E-state index in [1.807, 2.05) is 67.8 Å². The molecule has 0 heterocycles. The predicted molar refractivity (Wildman–Crippen MR) is 105 cm³/mol. The maximum atomic E-state index is 12.1. The molecule has 7 nitrogen and oxygen atoms in total. The number of carboxylic acid groups (broad SMARTS) is 1. The molecule has 10 heteroatoms. The Labute approximate surface area is 167 Å². The van der Waals surface area contributed by atoms with E-state index in [9.17, 15) is 19.5 Å². The first-order chi connectivity index (χ1) is 10.3. The van der Waals surface area contributed by atoms with Crippen LogP contribution >= 0.6 is 67.8 Å². The highest BCUT2D eigenvalue weighted by Crippen LogP contribution is 2.35. The van der Waals surface area contributed by atoms with E-state index in [-0.39, 0.29) is 17.7 Å². The van der Waals surface area contributed by atoms with E-state index < -0.39 is 17.8 Å². The zero-order valence-electron chi connectivity index (χ0n) is 11.4. The summed E-state index contributed by atoms with van der Waals surface area (Å²) in [7, 11) is 2.83. The Kier molecular flexibility index (Phi) is 7.73. The Hall–Kier alpha value is -0.220. The molecule has 1 rings (SSSR count). The van der Waals surface area contributed by atoms with Crippen LogP contribution in [-0.4, -0.2) is 43.7 Å². The fourth-order valence-corrected chi connectivity index (χ4v) is 5.98. The van der Waals surface area contributed by atoms with Gasteiger partial charge >= 0.3 is 5.97 Å². The average Bonchev–Trinajstić information content (AvgIpc) is 2.43. The van der Waals surface area contributed by atoms with Gasteiger partial charge in [-0.3, -0.25) is 9.59 Å². The van der Waals surface area contributed by atoms with Crippen LogP contribution in [0.1, 0.15) is 20.7 Å². The fraction of sp³-hybridized carbons (Fsp3) is 0.250. The predicted octanol–water partition coefficient (Wildman–Crippen LogP) is 2.14. The van der Waals surface area contributed by atoms with Gasteiger partial charge in [0.2, 0.25) is 5.91 Å². The van der Waals surface area contributed by atoms with Crippen molar-refractivity contribution in [3.8, 4) is 0 Å². The summed E-state index contributed by atoms with van der Waals surface area (Å²) in [4.78, 5) is 35.3. The third-order valence-electron chi connectivity index (χ3n) is 2.52. The summed E-state index contributed by atoms with van der Waals surface area (Å²) in [5, 5.41) is 14.5. The zero-order valence-corrected chi connectivity index (χ0v) is 17.9. The van der Waals surface area contributed by atoms with Crippen LogP contribution in [-0.2, 0) is 9.53 Å². The van der Waals surface area contributed by atoms with Gasteiger partial charge in [0.25, 0.3) is 5.91 Å². The van der Waals surface area contributed by atoms with E-state index in [4.69, 9.17) is 4.74 Å². The summed E-state index contributed by atoms with van der Waals surface area (Å²) >= 11 is 5.58. The Bertz CT molecular complexity index is 648. The van der Waals surface area contributed by atoms with E-state index in [2.05, 4.69) is 10.6 Å². The molecule has 0 aliphatic heterocycles. The van der Waals surface area contributed by atoms with Gasteiger partial charge in [-0.15, -0.1) is 0 Å². The van der Waals surface area contributed by atoms with Gasteiger partial charge in [-0.2, -0.15) is 0 Å². The molecule has 0 aromatic heterocycles. The molecular weight excluding hydrogens is 633 g/mol. The van der Waals surface area contributed by atoms with Gasteiger partial charge in [-0.1, -0.05) is 0 Å². The number of anilines is 1. The molecule has 0 spiro atoms. The molecule has 1 aromatic carbocycles. The number of amides is 2. The van der Waals surface area contributed by atoms with Crippen LogP contribution in [0.25, 0.3) is 0 Å². The lowest BCUT2D eigenvalue weighted by Crippen LogP contribution is -2.25. The normalized spacial score (nSPS) is 10.2. The molecule has 120 valence electrons. The second-order valence-corrected chi connectivity index (χ2v) is 7.17. The quantitative estimate of drug-likeness (QED) is 0.427. The molecule has 0 bridgehead atoms. The van der Waals surface area contributed by atoms with Crippen LogP contribution in [0, 0.1) is 10.7 Å². The van der Waals surface area contributed by atoms with Gasteiger partial charge in [0.1, 0.15) is 6.61 Å². The van der Waals surface area contributed by atoms with Gasteiger partial charge in [0.15, 0.2) is 0 Å². The number of halogens is 3. The lowest BCUT2D eigenvalue weighted by Gasteiger charge is -2.17. The second kappa shape index (κ2) is 8.58. The summed E-state index contributed by atoms with van der Waals surface area (Å²) in [5.74, 6) is -2.02. The van der Waals surface area contributed by atoms with Crippen molar-refractivity contribution in [2.75, 3.05) is 26.1 Å². The van der Waals surface area contributed by atoms with Gasteiger partial charge in [0, 0.05) is 17.7 Å². The molecule has 1 aromatic rings. The molecule has 0 aliphatic carbocycles. The van der Waals surface area contributed by atoms with Crippen molar-refractivity contribution in [2.45, 2.75) is 0 Å². The van der Waals surface area contributed by atoms with Crippen LogP contribution < -0.4 is 10.6 Å². The minimum atomic E-state index is -1.17. The highest BCUT2D eigenvalue weighted by molar-refractivity contribution is 14.1. The molecule has 3 N–H and O–H groups in total. The first-order valence-corrected chi connectivity index (χ1v) is 8.94. The largest absolute Gasteiger partial charge is 0.478 e. The van der Waals surface area contributed by atoms with Gasteiger partial charge in [0.05, 0.1) is 24.0 Å². The highest BCUT2D eigenvalue weighted by Gasteiger charge is 2.27. The molecular formula is C12H11I3N2O5. The number of nitrogens with one attached hydrogen (secondary N) is 2. The number of benzene rings is 1. The number of rotatable bonds is 5. The average molecular weight is 644 g/mol. The number of carboxylic acids is 1. The van der Waals surface area contributed by atoms with Crippen LogP contribution in [0.4, 0.5) is 5.69 Å². The van der Waals surface area contributed by atoms with Crippen molar-refractivity contribution in [2.24, 2.45) is 0 Å². The standard InChI is InChI=1S/C12H11I3N2O5/c1-16-11(19)5-7(13)6(12(20)21)9(15)10(8(5)14)17-4(18)3-22-2/h3H2,1-2H3,(H,16,19)(H,17,18)(H,20,21). The maximum Gasteiger partial charge on any atom is 0.337 e. The van der Waals surface area contributed by atoms with Crippen LogP contribution in [0.5, 0.6) is 0 Å². The van der Waals surface area contributed by atoms with Crippen LogP contribution in [0.3, 0.4) is 0 Å². The minimum Gasteiger partial charge on any atom is -0.478 e. The molecule has 0 saturated heterocycles. The lowest BCUT2D eigenvalue weighted by molar-refractivity contribution is -0.119.